The summed E-state index contributed by atoms with van der Waals surface area (Å²) in [5.74, 6) is -2.16. The Labute approximate surface area is 118 Å². The van der Waals surface area contributed by atoms with Gasteiger partial charge >= 0.3 is 0 Å². The summed E-state index contributed by atoms with van der Waals surface area (Å²) in [4.78, 5) is 0. The summed E-state index contributed by atoms with van der Waals surface area (Å²) in [5, 5.41) is 0.546. The number of ether oxygens (including phenoxy) is 1. The first-order chi connectivity index (χ1) is 9.01. The van der Waals surface area contributed by atoms with Crippen molar-refractivity contribution in [3.8, 4) is 11.5 Å². The van der Waals surface area contributed by atoms with Crippen LogP contribution in [0.2, 0.25) is 10.0 Å². The molecule has 0 bridgehead atoms. The maximum absolute atomic E-state index is 13.7. The van der Waals surface area contributed by atoms with Crippen molar-refractivity contribution < 1.29 is 13.5 Å². The van der Waals surface area contributed by atoms with E-state index in [2.05, 4.69) is 0 Å². The SMILES string of the molecule is NCc1cc(F)c(Oc2cc(Cl)ccc2Cl)c(F)c1. The van der Waals surface area contributed by atoms with Crippen LogP contribution in [0.3, 0.4) is 0 Å². The third kappa shape index (κ3) is 3.15. The maximum atomic E-state index is 13.7. The van der Waals surface area contributed by atoms with Gasteiger partial charge in [-0.2, -0.15) is 0 Å². The number of hydrogen-bond acceptors (Lipinski definition) is 2. The third-order valence-corrected chi connectivity index (χ3v) is 2.95. The van der Waals surface area contributed by atoms with Crippen LogP contribution in [-0.2, 0) is 6.54 Å². The van der Waals surface area contributed by atoms with Gasteiger partial charge in [0.25, 0.3) is 0 Å². The van der Waals surface area contributed by atoms with Crippen molar-refractivity contribution in [2.24, 2.45) is 5.73 Å². The average Bonchev–Trinajstić information content (AvgIpc) is 2.37. The maximum Gasteiger partial charge on any atom is 0.198 e. The predicted molar refractivity (Wildman–Crippen MR) is 70.8 cm³/mol. The van der Waals surface area contributed by atoms with Crippen LogP contribution in [0.1, 0.15) is 5.56 Å². The molecule has 0 aliphatic rings. The summed E-state index contributed by atoms with van der Waals surface area (Å²) < 4.78 is 32.6. The largest absolute Gasteiger partial charge is 0.450 e. The fourth-order valence-electron chi connectivity index (χ4n) is 1.49. The lowest BCUT2D eigenvalue weighted by Crippen LogP contribution is -2.00. The summed E-state index contributed by atoms with van der Waals surface area (Å²) >= 11 is 11.6. The predicted octanol–water partition coefficient (Wildman–Crippen LogP) is 4.52. The van der Waals surface area contributed by atoms with Gasteiger partial charge in [0.2, 0.25) is 0 Å². The smallest absolute Gasteiger partial charge is 0.198 e. The zero-order valence-corrected chi connectivity index (χ0v) is 11.1. The van der Waals surface area contributed by atoms with E-state index in [4.69, 9.17) is 33.7 Å². The number of halogens is 4. The molecule has 0 heterocycles. The Morgan fingerprint density at radius 3 is 2.26 bits per heavy atom. The van der Waals surface area contributed by atoms with Crippen LogP contribution in [-0.4, -0.2) is 0 Å². The van der Waals surface area contributed by atoms with Gasteiger partial charge in [-0.3, -0.25) is 0 Å². The topological polar surface area (TPSA) is 35.2 Å². The molecular weight excluding hydrogens is 295 g/mol. The summed E-state index contributed by atoms with van der Waals surface area (Å²) in [7, 11) is 0. The molecule has 19 heavy (non-hydrogen) atoms. The van der Waals surface area contributed by atoms with Crippen molar-refractivity contribution in [3.63, 3.8) is 0 Å². The van der Waals surface area contributed by atoms with Gasteiger partial charge in [-0.25, -0.2) is 8.78 Å². The van der Waals surface area contributed by atoms with E-state index in [1.807, 2.05) is 0 Å². The van der Waals surface area contributed by atoms with Crippen LogP contribution in [0.5, 0.6) is 11.5 Å². The number of rotatable bonds is 3. The van der Waals surface area contributed by atoms with Crippen LogP contribution < -0.4 is 10.5 Å². The Balaban J connectivity index is 2.41. The van der Waals surface area contributed by atoms with E-state index < -0.39 is 17.4 Å². The van der Waals surface area contributed by atoms with E-state index in [0.29, 0.717) is 10.6 Å². The molecule has 0 radical (unpaired) electrons. The van der Waals surface area contributed by atoms with E-state index in [9.17, 15) is 8.78 Å². The molecule has 6 heteroatoms. The Kier molecular flexibility index (Phi) is 4.24. The van der Waals surface area contributed by atoms with E-state index >= 15 is 0 Å². The molecule has 100 valence electrons. The number of benzene rings is 2. The van der Waals surface area contributed by atoms with Gasteiger partial charge in [-0.15, -0.1) is 0 Å². The molecule has 2 aromatic rings. The Bertz CT molecular complexity index is 597. The van der Waals surface area contributed by atoms with Gasteiger partial charge < -0.3 is 10.5 Å². The monoisotopic (exact) mass is 303 g/mol. The van der Waals surface area contributed by atoms with E-state index in [1.165, 1.54) is 12.1 Å². The minimum absolute atomic E-state index is 0.0338. The van der Waals surface area contributed by atoms with Crippen molar-refractivity contribution in [2.75, 3.05) is 0 Å². The summed E-state index contributed by atoms with van der Waals surface area (Å²) in [6.07, 6.45) is 0. The van der Waals surface area contributed by atoms with Crippen molar-refractivity contribution in [1.82, 2.24) is 0 Å². The van der Waals surface area contributed by atoms with Crippen LogP contribution >= 0.6 is 23.2 Å². The van der Waals surface area contributed by atoms with Gasteiger partial charge in [0.05, 0.1) is 5.02 Å². The minimum atomic E-state index is -0.850. The quantitative estimate of drug-likeness (QED) is 0.904. The molecule has 2 rings (SSSR count). The van der Waals surface area contributed by atoms with Gasteiger partial charge in [0.1, 0.15) is 5.75 Å². The molecule has 2 aromatic carbocycles. The van der Waals surface area contributed by atoms with Crippen LogP contribution in [0.25, 0.3) is 0 Å². The highest BCUT2D eigenvalue weighted by atomic mass is 35.5. The molecule has 0 amide bonds. The third-order valence-electron chi connectivity index (χ3n) is 2.40. The second-order valence-corrected chi connectivity index (χ2v) is 4.61. The fourth-order valence-corrected chi connectivity index (χ4v) is 1.81. The van der Waals surface area contributed by atoms with Crippen molar-refractivity contribution >= 4 is 23.2 Å². The average molecular weight is 304 g/mol. The van der Waals surface area contributed by atoms with E-state index in [1.54, 1.807) is 6.07 Å². The molecule has 0 saturated carbocycles. The first-order valence-corrected chi connectivity index (χ1v) is 6.07. The minimum Gasteiger partial charge on any atom is -0.450 e. The highest BCUT2D eigenvalue weighted by Crippen LogP contribution is 2.34. The molecule has 2 nitrogen and oxygen atoms in total. The second-order valence-electron chi connectivity index (χ2n) is 3.77. The first kappa shape index (κ1) is 14.1. The Morgan fingerprint density at radius 2 is 1.68 bits per heavy atom. The van der Waals surface area contributed by atoms with Crippen LogP contribution in [0, 0.1) is 11.6 Å². The molecule has 2 N–H and O–H groups in total. The first-order valence-electron chi connectivity index (χ1n) is 5.32. The second kappa shape index (κ2) is 5.74. The number of hydrogen-bond donors (Lipinski definition) is 1. The molecule has 0 unspecified atom stereocenters. The van der Waals surface area contributed by atoms with Gasteiger partial charge in [0.15, 0.2) is 17.4 Å². The summed E-state index contributed by atoms with van der Waals surface area (Å²) in [5.41, 5.74) is 5.65. The van der Waals surface area contributed by atoms with E-state index in [0.717, 1.165) is 12.1 Å². The molecule has 0 atom stereocenters. The van der Waals surface area contributed by atoms with Crippen molar-refractivity contribution in [1.29, 1.82) is 0 Å². The molecule has 0 aliphatic heterocycles. The van der Waals surface area contributed by atoms with Gasteiger partial charge in [0, 0.05) is 17.6 Å². The molecule has 0 aromatic heterocycles. The Hall–Kier alpha value is -1.36. The highest BCUT2D eigenvalue weighted by molar-refractivity contribution is 6.34. The van der Waals surface area contributed by atoms with Crippen LogP contribution in [0.4, 0.5) is 8.78 Å². The van der Waals surface area contributed by atoms with Crippen molar-refractivity contribution in [2.45, 2.75) is 6.54 Å². The van der Waals surface area contributed by atoms with Gasteiger partial charge in [-0.05, 0) is 29.8 Å². The zero-order chi connectivity index (χ0) is 14.0. The lowest BCUT2D eigenvalue weighted by molar-refractivity contribution is 0.406. The highest BCUT2D eigenvalue weighted by Gasteiger charge is 2.15. The fraction of sp³-hybridized carbons (Fsp3) is 0.0769. The Morgan fingerprint density at radius 1 is 1.05 bits per heavy atom. The standard InChI is InChI=1S/C13H9Cl2F2NO/c14-8-1-2-9(15)12(5-8)19-13-10(16)3-7(6-18)4-11(13)17/h1-5H,6,18H2. The molecule has 0 spiro atoms. The van der Waals surface area contributed by atoms with Gasteiger partial charge in [-0.1, -0.05) is 23.2 Å². The summed E-state index contributed by atoms with van der Waals surface area (Å²) in [6, 6.07) is 6.61. The lowest BCUT2D eigenvalue weighted by Gasteiger charge is -2.10. The number of nitrogens with two attached hydrogens (primary N) is 1. The van der Waals surface area contributed by atoms with Crippen molar-refractivity contribution in [3.05, 3.63) is 57.6 Å². The molecule has 0 saturated heterocycles. The molecule has 0 fully saturated rings. The van der Waals surface area contributed by atoms with Crippen LogP contribution in [0.15, 0.2) is 30.3 Å². The molecular formula is C13H9Cl2F2NO. The lowest BCUT2D eigenvalue weighted by atomic mass is 10.2. The zero-order valence-electron chi connectivity index (χ0n) is 9.59. The van der Waals surface area contributed by atoms with E-state index in [-0.39, 0.29) is 17.3 Å². The normalized spacial score (nSPS) is 10.6. The molecule has 0 aliphatic carbocycles. The summed E-state index contributed by atoms with van der Waals surface area (Å²) in [6.45, 7) is 0.0338.